The first-order valence-electron chi connectivity index (χ1n) is 13.5. The fraction of sp³-hybridized carbons (Fsp3) is 0.483. The molecule has 3 fully saturated rings. The van der Waals surface area contributed by atoms with Crippen LogP contribution in [0.2, 0.25) is 0 Å². The minimum Gasteiger partial charge on any atom is -0.393 e. The van der Waals surface area contributed by atoms with Crippen LogP contribution in [0.4, 0.5) is 5.69 Å². The third kappa shape index (κ3) is 4.82. The standard InChI is InChI=1S/C29H35N5O3/c1-32-25-16-21(20-7-8-20)15-24(30-17-19-5-3-2-4-6-19)27(25)31-28(32)29(37)33-13-14-34(26(36)18-33)22-9-11-23(35)12-10-22/h2-6,15-16,20,22-23,30,35H,7-14,17-18H2,1H3. The Morgan fingerprint density at radius 1 is 1.05 bits per heavy atom. The third-order valence-electron chi connectivity index (χ3n) is 8.23. The number of carbonyl (C=O) groups is 2. The Bertz CT molecular complexity index is 1310. The van der Waals surface area contributed by atoms with Gasteiger partial charge >= 0.3 is 0 Å². The molecule has 2 heterocycles. The lowest BCUT2D eigenvalue weighted by Gasteiger charge is -2.41. The van der Waals surface area contributed by atoms with Gasteiger partial charge in [-0.1, -0.05) is 30.3 Å². The Balaban J connectivity index is 1.23. The van der Waals surface area contributed by atoms with Gasteiger partial charge in [0.2, 0.25) is 5.91 Å². The molecule has 0 spiro atoms. The van der Waals surface area contributed by atoms with Crippen molar-refractivity contribution >= 4 is 28.5 Å². The summed E-state index contributed by atoms with van der Waals surface area (Å²) >= 11 is 0. The number of aryl methyl sites for hydroxylation is 1. The first-order chi connectivity index (χ1) is 18.0. The SMILES string of the molecule is Cn1c(C(=O)N2CCN(C3CCC(O)CC3)C(=O)C2)nc2c(NCc3ccccc3)cc(C3CC3)cc21. The summed E-state index contributed by atoms with van der Waals surface area (Å²) in [5.74, 6) is 0.726. The Kier molecular flexibility index (Phi) is 6.36. The molecule has 0 bridgehead atoms. The molecule has 1 saturated heterocycles. The second-order valence-electron chi connectivity index (χ2n) is 10.8. The number of anilines is 1. The van der Waals surface area contributed by atoms with Crippen molar-refractivity contribution in [1.82, 2.24) is 19.4 Å². The highest BCUT2D eigenvalue weighted by molar-refractivity contribution is 6.00. The topological polar surface area (TPSA) is 90.7 Å². The average Bonchev–Trinajstić information content (AvgIpc) is 3.72. The molecule has 0 radical (unpaired) electrons. The number of nitrogens with zero attached hydrogens (tertiary/aromatic N) is 4. The number of imidazole rings is 1. The van der Waals surface area contributed by atoms with E-state index in [1.807, 2.05) is 34.7 Å². The first kappa shape index (κ1) is 24.0. The van der Waals surface area contributed by atoms with Crippen LogP contribution in [0.25, 0.3) is 11.0 Å². The Hall–Kier alpha value is -3.39. The summed E-state index contributed by atoms with van der Waals surface area (Å²) in [5.41, 5.74) is 5.14. The minimum atomic E-state index is -0.251. The molecule has 3 aromatic rings. The predicted octanol–water partition coefficient (Wildman–Crippen LogP) is 3.65. The molecule has 37 heavy (non-hydrogen) atoms. The van der Waals surface area contributed by atoms with Crippen LogP contribution in [0.5, 0.6) is 0 Å². The number of rotatable bonds is 6. The summed E-state index contributed by atoms with van der Waals surface area (Å²) in [6, 6.07) is 14.8. The van der Waals surface area contributed by atoms with E-state index in [9.17, 15) is 14.7 Å². The smallest absolute Gasteiger partial charge is 0.290 e. The number of hydrogen-bond donors (Lipinski definition) is 2. The second kappa shape index (κ2) is 9.82. The molecule has 194 valence electrons. The van der Waals surface area contributed by atoms with Crippen LogP contribution in [0.3, 0.4) is 0 Å². The van der Waals surface area contributed by atoms with Gasteiger partial charge in [-0.3, -0.25) is 9.59 Å². The lowest BCUT2D eigenvalue weighted by molar-refractivity contribution is -0.138. The molecule has 1 aromatic heterocycles. The molecule has 2 N–H and O–H groups in total. The normalized spacial score (nSPS) is 22.5. The van der Waals surface area contributed by atoms with E-state index in [0.29, 0.717) is 31.4 Å². The Morgan fingerprint density at radius 3 is 2.51 bits per heavy atom. The van der Waals surface area contributed by atoms with Crippen molar-refractivity contribution < 1.29 is 14.7 Å². The van der Waals surface area contributed by atoms with Gasteiger partial charge in [0.05, 0.1) is 17.3 Å². The fourth-order valence-electron chi connectivity index (χ4n) is 5.84. The van der Waals surface area contributed by atoms with E-state index >= 15 is 0 Å². The zero-order valence-corrected chi connectivity index (χ0v) is 21.4. The van der Waals surface area contributed by atoms with Crippen molar-refractivity contribution in [3.05, 3.63) is 59.4 Å². The molecule has 2 aromatic carbocycles. The maximum absolute atomic E-state index is 13.6. The average molecular weight is 502 g/mol. The molecule has 2 amide bonds. The molecular formula is C29H35N5O3. The quantitative estimate of drug-likeness (QED) is 0.538. The van der Waals surface area contributed by atoms with Gasteiger partial charge in [0.15, 0.2) is 5.82 Å². The lowest BCUT2D eigenvalue weighted by Crippen LogP contribution is -2.56. The van der Waals surface area contributed by atoms with E-state index in [4.69, 9.17) is 4.98 Å². The zero-order chi connectivity index (χ0) is 25.5. The zero-order valence-electron chi connectivity index (χ0n) is 21.4. The van der Waals surface area contributed by atoms with Crippen LogP contribution in [-0.4, -0.2) is 68.1 Å². The van der Waals surface area contributed by atoms with E-state index in [1.165, 1.54) is 24.0 Å². The van der Waals surface area contributed by atoms with Gasteiger partial charge in [-0.25, -0.2) is 4.98 Å². The highest BCUT2D eigenvalue weighted by Gasteiger charge is 2.35. The van der Waals surface area contributed by atoms with E-state index < -0.39 is 0 Å². The highest BCUT2D eigenvalue weighted by Crippen LogP contribution is 2.42. The van der Waals surface area contributed by atoms with Crippen molar-refractivity contribution in [1.29, 1.82) is 0 Å². The summed E-state index contributed by atoms with van der Waals surface area (Å²) in [7, 11) is 1.89. The van der Waals surface area contributed by atoms with Crippen LogP contribution in [-0.2, 0) is 18.4 Å². The fourth-order valence-corrected chi connectivity index (χ4v) is 5.84. The molecule has 0 unspecified atom stereocenters. The number of benzene rings is 2. The Labute approximate surface area is 217 Å². The first-order valence-corrected chi connectivity index (χ1v) is 13.5. The van der Waals surface area contributed by atoms with Crippen molar-refractivity contribution in [2.45, 2.75) is 63.1 Å². The summed E-state index contributed by atoms with van der Waals surface area (Å²) in [4.78, 5) is 35.0. The van der Waals surface area contributed by atoms with Crippen molar-refractivity contribution in [2.75, 3.05) is 25.0 Å². The van der Waals surface area contributed by atoms with E-state index in [2.05, 4.69) is 29.6 Å². The van der Waals surface area contributed by atoms with Crippen LogP contribution < -0.4 is 5.32 Å². The van der Waals surface area contributed by atoms with Crippen molar-refractivity contribution in [3.63, 3.8) is 0 Å². The number of fused-ring (bicyclic) bond motifs is 1. The molecule has 6 rings (SSSR count). The van der Waals surface area contributed by atoms with Crippen molar-refractivity contribution in [2.24, 2.45) is 7.05 Å². The van der Waals surface area contributed by atoms with E-state index in [0.717, 1.165) is 42.4 Å². The maximum Gasteiger partial charge on any atom is 0.290 e. The molecule has 2 aliphatic carbocycles. The number of carbonyl (C=O) groups excluding carboxylic acids is 2. The van der Waals surface area contributed by atoms with Crippen LogP contribution in [0.15, 0.2) is 42.5 Å². The summed E-state index contributed by atoms with van der Waals surface area (Å²) < 4.78 is 1.89. The predicted molar refractivity (Wildman–Crippen MR) is 142 cm³/mol. The Morgan fingerprint density at radius 2 is 1.81 bits per heavy atom. The minimum absolute atomic E-state index is 0.0130. The molecule has 2 saturated carbocycles. The second-order valence-corrected chi connectivity index (χ2v) is 10.8. The number of aliphatic hydroxyl groups is 1. The highest BCUT2D eigenvalue weighted by atomic mass is 16.3. The van der Waals surface area contributed by atoms with E-state index in [1.54, 1.807) is 4.90 Å². The molecular weight excluding hydrogens is 466 g/mol. The lowest BCUT2D eigenvalue weighted by atomic mass is 9.91. The number of aliphatic hydroxyl groups excluding tert-OH is 1. The summed E-state index contributed by atoms with van der Waals surface area (Å²) in [5, 5.41) is 13.4. The molecule has 8 heteroatoms. The van der Waals surface area contributed by atoms with Gasteiger partial charge in [-0.2, -0.15) is 0 Å². The summed E-state index contributed by atoms with van der Waals surface area (Å²) in [6.45, 7) is 1.79. The largest absolute Gasteiger partial charge is 0.393 e. The van der Waals surface area contributed by atoms with Gasteiger partial charge in [0.1, 0.15) is 12.1 Å². The van der Waals surface area contributed by atoms with Gasteiger partial charge in [0, 0.05) is 32.7 Å². The van der Waals surface area contributed by atoms with Crippen LogP contribution in [0.1, 0.15) is 66.2 Å². The van der Waals surface area contributed by atoms with Gasteiger partial charge in [0.25, 0.3) is 5.91 Å². The number of nitrogens with one attached hydrogen (secondary N) is 1. The molecule has 3 aliphatic rings. The summed E-state index contributed by atoms with van der Waals surface area (Å²) in [6.07, 6.45) is 5.26. The third-order valence-corrected chi connectivity index (χ3v) is 8.23. The monoisotopic (exact) mass is 501 g/mol. The molecule has 1 aliphatic heterocycles. The number of piperazine rings is 1. The van der Waals surface area contributed by atoms with Crippen LogP contribution >= 0.6 is 0 Å². The van der Waals surface area contributed by atoms with Gasteiger partial charge in [-0.05, 0) is 67.7 Å². The molecule has 8 nitrogen and oxygen atoms in total. The van der Waals surface area contributed by atoms with Crippen molar-refractivity contribution in [3.8, 4) is 0 Å². The number of aromatic nitrogens is 2. The van der Waals surface area contributed by atoms with Gasteiger partial charge < -0.3 is 24.8 Å². The van der Waals surface area contributed by atoms with E-state index in [-0.39, 0.29) is 30.5 Å². The van der Waals surface area contributed by atoms with Gasteiger partial charge in [-0.15, -0.1) is 0 Å². The number of hydrogen-bond acceptors (Lipinski definition) is 5. The van der Waals surface area contributed by atoms with Crippen LogP contribution in [0, 0.1) is 0 Å². The maximum atomic E-state index is 13.6. The molecule has 0 atom stereocenters. The number of amides is 2.